The fourth-order valence-corrected chi connectivity index (χ4v) is 2.20. The van der Waals surface area contributed by atoms with Gasteiger partial charge in [-0.3, -0.25) is 0 Å². The van der Waals surface area contributed by atoms with Gasteiger partial charge in [0.05, 0.1) is 11.4 Å². The van der Waals surface area contributed by atoms with Crippen LogP contribution in [0.15, 0.2) is 12.1 Å². The Hall–Kier alpha value is -1.29. The van der Waals surface area contributed by atoms with Crippen molar-refractivity contribution in [2.75, 3.05) is 37.2 Å². The second-order valence-corrected chi connectivity index (χ2v) is 4.66. The number of halogens is 1. The number of nitrogens with one attached hydrogen (secondary N) is 1. The van der Waals surface area contributed by atoms with E-state index < -0.39 is 0 Å². The van der Waals surface area contributed by atoms with Gasteiger partial charge in [0.1, 0.15) is 5.82 Å². The molecule has 0 atom stereocenters. The minimum absolute atomic E-state index is 0.243. The molecule has 0 bridgehead atoms. The molecule has 17 heavy (non-hydrogen) atoms. The quantitative estimate of drug-likeness (QED) is 0.789. The number of nitrogens with zero attached hydrogens (tertiary/aromatic N) is 1. The molecule has 4 heteroatoms. The van der Waals surface area contributed by atoms with Gasteiger partial charge in [-0.2, -0.15) is 0 Å². The van der Waals surface area contributed by atoms with Crippen LogP contribution in [0.4, 0.5) is 15.8 Å². The van der Waals surface area contributed by atoms with Gasteiger partial charge in [0, 0.05) is 13.1 Å². The molecule has 94 valence electrons. The maximum atomic E-state index is 13.2. The van der Waals surface area contributed by atoms with Crippen LogP contribution in [0.2, 0.25) is 0 Å². The molecular formula is C13H20FN3. The summed E-state index contributed by atoms with van der Waals surface area (Å²) in [4.78, 5) is 2.43. The van der Waals surface area contributed by atoms with E-state index in [1.807, 2.05) is 0 Å². The molecule has 1 heterocycles. The number of anilines is 2. The molecular weight excluding hydrogens is 217 g/mol. The average Bonchev–Trinajstić information content (AvgIpc) is 2.78. The van der Waals surface area contributed by atoms with E-state index in [2.05, 4.69) is 10.2 Å². The van der Waals surface area contributed by atoms with Crippen LogP contribution in [-0.2, 0) is 0 Å². The minimum Gasteiger partial charge on any atom is -0.397 e. The van der Waals surface area contributed by atoms with Crippen molar-refractivity contribution in [3.8, 4) is 0 Å². The standard InChI is InChI=1S/C13H20FN3/c1-10-8-13(12(15)9-11(10)14)16-4-7-17-5-2-3-6-17/h8-9,16H,2-7,15H2,1H3. The lowest BCUT2D eigenvalue weighted by Gasteiger charge is -2.16. The number of hydrogen-bond donors (Lipinski definition) is 2. The van der Waals surface area contributed by atoms with E-state index in [0.717, 1.165) is 18.8 Å². The SMILES string of the molecule is Cc1cc(NCCN2CCCC2)c(N)cc1F. The second kappa shape index (κ2) is 5.36. The van der Waals surface area contributed by atoms with Crippen molar-refractivity contribution in [2.45, 2.75) is 19.8 Å². The molecule has 0 aliphatic carbocycles. The summed E-state index contributed by atoms with van der Waals surface area (Å²) in [5, 5.41) is 3.27. The number of hydrogen-bond acceptors (Lipinski definition) is 3. The van der Waals surface area contributed by atoms with E-state index >= 15 is 0 Å². The third-order valence-electron chi connectivity index (χ3n) is 3.27. The highest BCUT2D eigenvalue weighted by Gasteiger charge is 2.10. The summed E-state index contributed by atoms with van der Waals surface area (Å²) in [7, 11) is 0. The van der Waals surface area contributed by atoms with Crippen molar-refractivity contribution >= 4 is 11.4 Å². The zero-order chi connectivity index (χ0) is 12.3. The summed E-state index contributed by atoms with van der Waals surface area (Å²) in [5.41, 5.74) is 7.71. The first-order valence-corrected chi connectivity index (χ1v) is 6.18. The van der Waals surface area contributed by atoms with Crippen LogP contribution in [0.5, 0.6) is 0 Å². The van der Waals surface area contributed by atoms with Gasteiger partial charge < -0.3 is 16.0 Å². The molecule has 1 aliphatic rings. The first-order chi connectivity index (χ1) is 8.16. The smallest absolute Gasteiger partial charge is 0.128 e. The molecule has 0 radical (unpaired) electrons. The molecule has 1 aliphatic heterocycles. The fraction of sp³-hybridized carbons (Fsp3) is 0.538. The van der Waals surface area contributed by atoms with Crippen LogP contribution in [-0.4, -0.2) is 31.1 Å². The van der Waals surface area contributed by atoms with Crippen LogP contribution in [0.1, 0.15) is 18.4 Å². The first-order valence-electron chi connectivity index (χ1n) is 6.18. The Balaban J connectivity index is 1.87. The van der Waals surface area contributed by atoms with Crippen LogP contribution in [0.3, 0.4) is 0 Å². The second-order valence-electron chi connectivity index (χ2n) is 4.66. The largest absolute Gasteiger partial charge is 0.397 e. The van der Waals surface area contributed by atoms with Gasteiger partial charge in [-0.15, -0.1) is 0 Å². The Morgan fingerprint density at radius 3 is 2.76 bits per heavy atom. The lowest BCUT2D eigenvalue weighted by molar-refractivity contribution is 0.353. The topological polar surface area (TPSA) is 41.3 Å². The number of aryl methyl sites for hydroxylation is 1. The lowest BCUT2D eigenvalue weighted by Crippen LogP contribution is -2.26. The van der Waals surface area contributed by atoms with Crippen molar-refractivity contribution in [1.29, 1.82) is 0 Å². The average molecular weight is 237 g/mol. The van der Waals surface area contributed by atoms with E-state index in [1.54, 1.807) is 13.0 Å². The van der Waals surface area contributed by atoms with Crippen molar-refractivity contribution in [3.63, 3.8) is 0 Å². The number of benzene rings is 1. The zero-order valence-electron chi connectivity index (χ0n) is 10.3. The Morgan fingerprint density at radius 2 is 2.06 bits per heavy atom. The normalized spacial score (nSPS) is 16.4. The number of nitrogens with two attached hydrogens (primary N) is 1. The molecule has 0 amide bonds. The summed E-state index contributed by atoms with van der Waals surface area (Å²) in [6.45, 7) is 6.02. The summed E-state index contributed by atoms with van der Waals surface area (Å²) in [6.07, 6.45) is 2.61. The molecule has 0 unspecified atom stereocenters. The molecule has 0 aromatic heterocycles. The Labute approximate surface area is 102 Å². The predicted molar refractivity (Wildman–Crippen MR) is 69.7 cm³/mol. The molecule has 2 rings (SSSR count). The molecule has 1 aromatic carbocycles. The Bertz CT molecular complexity index is 386. The number of nitrogen functional groups attached to an aromatic ring is 1. The third-order valence-corrected chi connectivity index (χ3v) is 3.27. The van der Waals surface area contributed by atoms with Gasteiger partial charge in [0.15, 0.2) is 0 Å². The van der Waals surface area contributed by atoms with Crippen LogP contribution >= 0.6 is 0 Å². The Morgan fingerprint density at radius 1 is 1.35 bits per heavy atom. The number of likely N-dealkylation sites (tertiary alicyclic amines) is 1. The van der Waals surface area contributed by atoms with Crippen LogP contribution < -0.4 is 11.1 Å². The van der Waals surface area contributed by atoms with Gasteiger partial charge in [-0.05, 0) is 50.6 Å². The third kappa shape index (κ3) is 3.09. The van der Waals surface area contributed by atoms with Crippen molar-refractivity contribution in [3.05, 3.63) is 23.5 Å². The predicted octanol–water partition coefficient (Wildman–Crippen LogP) is 2.22. The van der Waals surface area contributed by atoms with E-state index in [1.165, 1.54) is 32.0 Å². The Kier molecular flexibility index (Phi) is 3.84. The van der Waals surface area contributed by atoms with Gasteiger partial charge in [0.2, 0.25) is 0 Å². The summed E-state index contributed by atoms with van der Waals surface area (Å²) in [5.74, 6) is -0.243. The molecule has 1 saturated heterocycles. The van der Waals surface area contributed by atoms with E-state index in [0.29, 0.717) is 11.3 Å². The van der Waals surface area contributed by atoms with Gasteiger partial charge >= 0.3 is 0 Å². The maximum absolute atomic E-state index is 13.2. The van der Waals surface area contributed by atoms with Crippen LogP contribution in [0, 0.1) is 12.7 Å². The van der Waals surface area contributed by atoms with E-state index in [4.69, 9.17) is 5.73 Å². The molecule has 0 saturated carbocycles. The molecule has 3 N–H and O–H groups in total. The highest BCUT2D eigenvalue weighted by molar-refractivity contribution is 5.67. The molecule has 1 fully saturated rings. The highest BCUT2D eigenvalue weighted by atomic mass is 19.1. The van der Waals surface area contributed by atoms with Crippen molar-refractivity contribution < 1.29 is 4.39 Å². The van der Waals surface area contributed by atoms with Crippen molar-refractivity contribution in [2.24, 2.45) is 0 Å². The lowest BCUT2D eigenvalue weighted by atomic mass is 10.2. The van der Waals surface area contributed by atoms with E-state index in [9.17, 15) is 4.39 Å². The summed E-state index contributed by atoms with van der Waals surface area (Å²) >= 11 is 0. The molecule has 3 nitrogen and oxygen atoms in total. The molecule has 0 spiro atoms. The summed E-state index contributed by atoms with van der Waals surface area (Å²) < 4.78 is 13.2. The van der Waals surface area contributed by atoms with Gasteiger partial charge in [-0.25, -0.2) is 4.39 Å². The van der Waals surface area contributed by atoms with E-state index in [-0.39, 0.29) is 5.82 Å². The first kappa shape index (κ1) is 12.2. The van der Waals surface area contributed by atoms with Gasteiger partial charge in [0.25, 0.3) is 0 Å². The number of rotatable bonds is 4. The highest BCUT2D eigenvalue weighted by Crippen LogP contribution is 2.22. The minimum atomic E-state index is -0.243. The van der Waals surface area contributed by atoms with Crippen LogP contribution in [0.25, 0.3) is 0 Å². The maximum Gasteiger partial charge on any atom is 0.128 e. The monoisotopic (exact) mass is 237 g/mol. The van der Waals surface area contributed by atoms with Crippen molar-refractivity contribution in [1.82, 2.24) is 4.90 Å². The zero-order valence-corrected chi connectivity index (χ0v) is 10.3. The van der Waals surface area contributed by atoms with Gasteiger partial charge in [-0.1, -0.05) is 0 Å². The fourth-order valence-electron chi connectivity index (χ4n) is 2.20. The summed E-state index contributed by atoms with van der Waals surface area (Å²) in [6, 6.07) is 3.15. The molecule has 1 aromatic rings.